The molecule has 0 aromatic rings. The molecule has 0 aromatic carbocycles. The third kappa shape index (κ3) is 7.29. The molecule has 0 spiro atoms. The van der Waals surface area contributed by atoms with E-state index in [0.717, 1.165) is 13.8 Å². The van der Waals surface area contributed by atoms with Gasteiger partial charge in [0, 0.05) is 20.8 Å². The van der Waals surface area contributed by atoms with Crippen molar-refractivity contribution in [1.82, 2.24) is 0 Å². The Morgan fingerprint density at radius 1 is 0.941 bits per heavy atom. The first-order valence-corrected chi connectivity index (χ1v) is 4.95. The van der Waals surface area contributed by atoms with Gasteiger partial charge in [0.25, 0.3) is 0 Å². The van der Waals surface area contributed by atoms with Crippen LogP contribution < -0.4 is 0 Å². The van der Waals surface area contributed by atoms with Gasteiger partial charge in [-0.1, -0.05) is 0 Å². The molecule has 17 heavy (non-hydrogen) atoms. The number of hydrogen-bond acceptors (Lipinski definition) is 7. The van der Waals surface area contributed by atoms with Crippen LogP contribution in [0, 0.1) is 0 Å². The summed E-state index contributed by atoms with van der Waals surface area (Å²) in [7, 11) is 0. The van der Waals surface area contributed by atoms with E-state index >= 15 is 0 Å². The van der Waals surface area contributed by atoms with Gasteiger partial charge in [-0.2, -0.15) is 0 Å². The SMILES string of the molecule is CC(=O)OC[C@H](OC(C)=O)[C@@H](CO)OC(C)=O. The number of aliphatic hydroxyl groups is 1. The van der Waals surface area contributed by atoms with Crippen LogP contribution in [-0.2, 0) is 28.6 Å². The molecule has 0 aliphatic rings. The highest BCUT2D eigenvalue weighted by Crippen LogP contribution is 2.06. The molecule has 0 fully saturated rings. The zero-order valence-electron chi connectivity index (χ0n) is 9.97. The minimum Gasteiger partial charge on any atom is -0.462 e. The molecule has 7 nitrogen and oxygen atoms in total. The van der Waals surface area contributed by atoms with E-state index in [1.165, 1.54) is 6.92 Å². The second-order valence-corrected chi connectivity index (χ2v) is 3.28. The van der Waals surface area contributed by atoms with E-state index in [-0.39, 0.29) is 6.61 Å². The van der Waals surface area contributed by atoms with Crippen molar-refractivity contribution in [2.75, 3.05) is 13.2 Å². The molecule has 0 aliphatic heterocycles. The fourth-order valence-corrected chi connectivity index (χ4v) is 1.07. The Morgan fingerprint density at radius 2 is 1.41 bits per heavy atom. The molecular formula is C10H16O7. The average molecular weight is 248 g/mol. The molecule has 0 aromatic heterocycles. The van der Waals surface area contributed by atoms with Gasteiger partial charge >= 0.3 is 17.9 Å². The molecule has 0 bridgehead atoms. The standard InChI is InChI=1S/C10H16O7/c1-6(12)15-5-10(17-8(3)14)9(4-11)16-7(2)13/h9-11H,4-5H2,1-3H3/t9-,10+/m1/s1. The van der Waals surface area contributed by atoms with E-state index < -0.39 is 36.7 Å². The van der Waals surface area contributed by atoms with Gasteiger partial charge in [-0.3, -0.25) is 14.4 Å². The van der Waals surface area contributed by atoms with Gasteiger partial charge in [0.15, 0.2) is 12.2 Å². The van der Waals surface area contributed by atoms with Crippen molar-refractivity contribution in [3.63, 3.8) is 0 Å². The van der Waals surface area contributed by atoms with E-state index in [4.69, 9.17) is 14.6 Å². The Labute approximate surface area is 98.6 Å². The lowest BCUT2D eigenvalue weighted by molar-refractivity contribution is -0.175. The highest BCUT2D eigenvalue weighted by atomic mass is 16.6. The lowest BCUT2D eigenvalue weighted by atomic mass is 10.2. The maximum absolute atomic E-state index is 10.8. The van der Waals surface area contributed by atoms with Crippen LogP contribution >= 0.6 is 0 Å². The third-order valence-corrected chi connectivity index (χ3v) is 1.68. The van der Waals surface area contributed by atoms with E-state index in [2.05, 4.69) is 4.74 Å². The van der Waals surface area contributed by atoms with Crippen LogP contribution in [0.25, 0.3) is 0 Å². The lowest BCUT2D eigenvalue weighted by Crippen LogP contribution is -2.40. The molecule has 0 heterocycles. The predicted octanol–water partition coefficient (Wildman–Crippen LogP) is -0.595. The topological polar surface area (TPSA) is 99.1 Å². The summed E-state index contributed by atoms with van der Waals surface area (Å²) in [6.07, 6.45) is -2.08. The normalized spacial score (nSPS) is 13.4. The van der Waals surface area contributed by atoms with Crippen LogP contribution in [0.2, 0.25) is 0 Å². The summed E-state index contributed by atoms with van der Waals surface area (Å²) >= 11 is 0. The maximum Gasteiger partial charge on any atom is 0.303 e. The molecule has 0 radical (unpaired) electrons. The molecule has 0 saturated heterocycles. The van der Waals surface area contributed by atoms with Crippen LogP contribution in [0.4, 0.5) is 0 Å². The first-order chi connectivity index (χ1) is 7.86. The summed E-state index contributed by atoms with van der Waals surface area (Å²) < 4.78 is 14.2. The number of esters is 3. The second-order valence-electron chi connectivity index (χ2n) is 3.28. The summed E-state index contributed by atoms with van der Waals surface area (Å²) in [6, 6.07) is 0. The largest absolute Gasteiger partial charge is 0.462 e. The van der Waals surface area contributed by atoms with Crippen molar-refractivity contribution >= 4 is 17.9 Å². The fraction of sp³-hybridized carbons (Fsp3) is 0.700. The van der Waals surface area contributed by atoms with Crippen LogP contribution in [0.1, 0.15) is 20.8 Å². The molecule has 0 aliphatic carbocycles. The Kier molecular flexibility index (Phi) is 6.88. The zero-order valence-corrected chi connectivity index (χ0v) is 9.97. The monoisotopic (exact) mass is 248 g/mol. The number of carbonyl (C=O) groups excluding carboxylic acids is 3. The summed E-state index contributed by atoms with van der Waals surface area (Å²) in [5, 5.41) is 9.01. The highest BCUT2D eigenvalue weighted by molar-refractivity contribution is 5.68. The minimum atomic E-state index is -1.06. The lowest BCUT2D eigenvalue weighted by Gasteiger charge is -2.24. The molecule has 2 atom stereocenters. The van der Waals surface area contributed by atoms with Crippen molar-refractivity contribution in [2.45, 2.75) is 33.0 Å². The van der Waals surface area contributed by atoms with E-state index in [9.17, 15) is 14.4 Å². The Morgan fingerprint density at radius 3 is 1.76 bits per heavy atom. The maximum atomic E-state index is 10.8. The van der Waals surface area contributed by atoms with Gasteiger partial charge < -0.3 is 19.3 Å². The van der Waals surface area contributed by atoms with Gasteiger partial charge in [-0.15, -0.1) is 0 Å². The minimum absolute atomic E-state index is 0.284. The van der Waals surface area contributed by atoms with Crippen LogP contribution in [0.15, 0.2) is 0 Å². The summed E-state index contributed by atoms with van der Waals surface area (Å²) in [5.41, 5.74) is 0. The molecule has 7 heteroatoms. The smallest absolute Gasteiger partial charge is 0.303 e. The Hall–Kier alpha value is -1.63. The molecule has 0 unspecified atom stereocenters. The van der Waals surface area contributed by atoms with Gasteiger partial charge in [-0.25, -0.2) is 0 Å². The van der Waals surface area contributed by atoms with Crippen molar-refractivity contribution in [1.29, 1.82) is 0 Å². The number of ether oxygens (including phenoxy) is 3. The van der Waals surface area contributed by atoms with Crippen LogP contribution in [0.3, 0.4) is 0 Å². The predicted molar refractivity (Wildman–Crippen MR) is 54.8 cm³/mol. The Balaban J connectivity index is 4.54. The molecule has 0 saturated carbocycles. The first kappa shape index (κ1) is 15.4. The highest BCUT2D eigenvalue weighted by Gasteiger charge is 2.27. The molecule has 98 valence electrons. The Bertz CT molecular complexity index is 286. The van der Waals surface area contributed by atoms with E-state index in [1.54, 1.807) is 0 Å². The summed E-state index contributed by atoms with van der Waals surface area (Å²) in [4.78, 5) is 32.2. The van der Waals surface area contributed by atoms with E-state index in [0.29, 0.717) is 0 Å². The molecule has 1 N–H and O–H groups in total. The van der Waals surface area contributed by atoms with Gasteiger partial charge in [0.05, 0.1) is 6.61 Å². The third-order valence-electron chi connectivity index (χ3n) is 1.68. The number of rotatable bonds is 6. The van der Waals surface area contributed by atoms with Crippen molar-refractivity contribution in [2.24, 2.45) is 0 Å². The van der Waals surface area contributed by atoms with Crippen molar-refractivity contribution in [3.8, 4) is 0 Å². The van der Waals surface area contributed by atoms with Crippen LogP contribution in [-0.4, -0.2) is 48.4 Å². The van der Waals surface area contributed by atoms with Crippen molar-refractivity contribution in [3.05, 3.63) is 0 Å². The first-order valence-electron chi connectivity index (χ1n) is 4.95. The second kappa shape index (κ2) is 7.61. The number of aliphatic hydroxyl groups excluding tert-OH is 1. The molecular weight excluding hydrogens is 232 g/mol. The number of hydrogen-bond donors (Lipinski definition) is 1. The number of carbonyl (C=O) groups is 3. The van der Waals surface area contributed by atoms with Gasteiger partial charge in [0.2, 0.25) is 0 Å². The van der Waals surface area contributed by atoms with E-state index in [1.807, 2.05) is 0 Å². The molecule has 0 amide bonds. The quantitative estimate of drug-likeness (QED) is 0.495. The van der Waals surface area contributed by atoms with Crippen molar-refractivity contribution < 1.29 is 33.7 Å². The van der Waals surface area contributed by atoms with Gasteiger partial charge in [-0.05, 0) is 0 Å². The summed E-state index contributed by atoms with van der Waals surface area (Å²) in [5.74, 6) is -1.83. The fourth-order valence-electron chi connectivity index (χ4n) is 1.07. The molecule has 0 rings (SSSR count). The summed E-state index contributed by atoms with van der Waals surface area (Å²) in [6.45, 7) is 2.67. The zero-order chi connectivity index (χ0) is 13.4. The average Bonchev–Trinajstić information content (AvgIpc) is 2.20. The van der Waals surface area contributed by atoms with Gasteiger partial charge in [0.1, 0.15) is 6.61 Å². The van der Waals surface area contributed by atoms with Crippen LogP contribution in [0.5, 0.6) is 0 Å².